The summed E-state index contributed by atoms with van der Waals surface area (Å²) in [4.78, 5) is 12.4. The molecule has 1 aromatic heterocycles. The average molecular weight is 265 g/mol. The number of fused-ring (bicyclic) bond motifs is 1. The zero-order chi connectivity index (χ0) is 13.8. The van der Waals surface area contributed by atoms with Gasteiger partial charge in [0.1, 0.15) is 11.3 Å². The summed E-state index contributed by atoms with van der Waals surface area (Å²) in [5.74, 6) is 0.647. The lowest BCUT2D eigenvalue weighted by Gasteiger charge is -2.08. The molecule has 0 unspecified atom stereocenters. The Morgan fingerprint density at radius 2 is 2.32 bits per heavy atom. The van der Waals surface area contributed by atoms with Crippen LogP contribution in [-0.4, -0.2) is 28.3 Å². The Balaban J connectivity index is 2.46. The quantitative estimate of drug-likeness (QED) is 0.632. The van der Waals surface area contributed by atoms with E-state index in [1.807, 2.05) is 0 Å². The lowest BCUT2D eigenvalue weighted by molar-refractivity contribution is -0.480. The molecule has 0 aliphatic carbocycles. The number of benzene rings is 1. The van der Waals surface area contributed by atoms with E-state index in [0.29, 0.717) is 34.5 Å². The van der Waals surface area contributed by atoms with Gasteiger partial charge in [-0.25, -0.2) is 0 Å². The summed E-state index contributed by atoms with van der Waals surface area (Å²) < 4.78 is 6.02. The van der Waals surface area contributed by atoms with Gasteiger partial charge in [0.05, 0.1) is 18.1 Å². The SMILES string of the molecule is CCc1nn([O-])c2ccc(OCCCO)cc2[n+]1=O. The van der Waals surface area contributed by atoms with E-state index in [0.717, 1.165) is 0 Å². The number of aliphatic hydroxyl groups excluding tert-OH is 1. The Hall–Kier alpha value is -2.15. The van der Waals surface area contributed by atoms with Crippen molar-refractivity contribution in [2.45, 2.75) is 19.8 Å². The Kier molecular flexibility index (Phi) is 3.96. The molecule has 0 radical (unpaired) electrons. The molecule has 0 saturated heterocycles. The number of hydrogen-bond donors (Lipinski definition) is 1. The van der Waals surface area contributed by atoms with Crippen LogP contribution in [0.2, 0.25) is 0 Å². The topological polar surface area (TPSA) is 93.3 Å². The summed E-state index contributed by atoms with van der Waals surface area (Å²) in [7, 11) is 0. The maximum absolute atomic E-state index is 12.0. The first-order chi connectivity index (χ1) is 9.17. The molecule has 0 aliphatic heterocycles. The van der Waals surface area contributed by atoms with Gasteiger partial charge in [-0.15, -0.1) is 0 Å². The molecule has 2 rings (SSSR count). The van der Waals surface area contributed by atoms with E-state index in [1.54, 1.807) is 13.0 Å². The second-order valence-electron chi connectivity index (χ2n) is 4.01. The summed E-state index contributed by atoms with van der Waals surface area (Å²) >= 11 is 0. The number of ether oxygens (including phenoxy) is 1. The minimum absolute atomic E-state index is 0.0413. The third-order valence-corrected chi connectivity index (χ3v) is 2.70. The lowest BCUT2D eigenvalue weighted by Crippen LogP contribution is -2.26. The van der Waals surface area contributed by atoms with Crippen molar-refractivity contribution in [2.24, 2.45) is 0 Å². The Morgan fingerprint density at radius 3 is 3.00 bits per heavy atom. The lowest BCUT2D eigenvalue weighted by atomic mass is 10.3. The number of aliphatic hydroxyl groups is 1. The Labute approximate surface area is 109 Å². The molecule has 19 heavy (non-hydrogen) atoms. The molecule has 2 aromatic rings. The van der Waals surface area contributed by atoms with Gasteiger partial charge in [0.2, 0.25) is 5.52 Å². The van der Waals surface area contributed by atoms with E-state index in [4.69, 9.17) is 9.84 Å². The number of aromatic nitrogens is 3. The smallest absolute Gasteiger partial charge is 0.367 e. The van der Waals surface area contributed by atoms with Crippen LogP contribution in [-0.2, 0) is 6.42 Å². The molecule has 0 saturated carbocycles. The molecule has 1 N–H and O–H groups in total. The minimum Gasteiger partial charge on any atom is -0.772 e. The number of nitrogens with zero attached hydrogens (tertiary/aromatic N) is 3. The zero-order valence-corrected chi connectivity index (χ0v) is 10.6. The number of aryl methyl sites for hydroxylation is 1. The Morgan fingerprint density at radius 1 is 1.53 bits per heavy atom. The highest BCUT2D eigenvalue weighted by atomic mass is 16.5. The van der Waals surface area contributed by atoms with Gasteiger partial charge < -0.3 is 15.1 Å². The summed E-state index contributed by atoms with van der Waals surface area (Å²) in [6.45, 7) is 2.15. The summed E-state index contributed by atoms with van der Waals surface area (Å²) in [5, 5.41) is 24.0. The predicted octanol–water partition coefficient (Wildman–Crippen LogP) is 0.620. The predicted molar refractivity (Wildman–Crippen MR) is 68.4 cm³/mol. The highest BCUT2D eigenvalue weighted by molar-refractivity contribution is 5.73. The molecule has 0 atom stereocenters. The fourth-order valence-electron chi connectivity index (χ4n) is 1.72. The minimum atomic E-state index is 0.0413. The third-order valence-electron chi connectivity index (χ3n) is 2.70. The standard InChI is InChI=1S/C12H15N3O4/c1-2-12-13-15(18)10-5-4-9(19-7-3-6-16)8-11(10)14(12)17/h4-5,8,16H,2-3,6-7H2,1H3. The summed E-state index contributed by atoms with van der Waals surface area (Å²) in [6, 6.07) is 4.60. The largest absolute Gasteiger partial charge is 0.772 e. The third kappa shape index (κ3) is 2.65. The van der Waals surface area contributed by atoms with Crippen LogP contribution >= 0.6 is 0 Å². The second kappa shape index (κ2) is 5.66. The first-order valence-electron chi connectivity index (χ1n) is 6.07. The van der Waals surface area contributed by atoms with E-state index in [-0.39, 0.29) is 23.5 Å². The van der Waals surface area contributed by atoms with Crippen molar-refractivity contribution >= 4 is 11.0 Å². The van der Waals surface area contributed by atoms with Crippen LogP contribution in [0.25, 0.3) is 11.0 Å². The highest BCUT2D eigenvalue weighted by Crippen LogP contribution is 2.17. The van der Waals surface area contributed by atoms with Gasteiger partial charge in [-0.3, -0.25) is 0 Å². The Bertz CT molecular complexity index is 639. The van der Waals surface area contributed by atoms with Crippen molar-refractivity contribution in [3.63, 3.8) is 0 Å². The highest BCUT2D eigenvalue weighted by Gasteiger charge is 2.15. The van der Waals surface area contributed by atoms with Gasteiger partial charge in [0.25, 0.3) is 0 Å². The zero-order valence-electron chi connectivity index (χ0n) is 10.6. The van der Waals surface area contributed by atoms with Gasteiger partial charge >= 0.3 is 5.82 Å². The van der Waals surface area contributed by atoms with E-state index in [1.165, 1.54) is 12.1 Å². The molecular formula is C12H15N3O4. The number of rotatable bonds is 5. The van der Waals surface area contributed by atoms with Crippen LogP contribution in [0.3, 0.4) is 0 Å². The molecule has 7 nitrogen and oxygen atoms in total. The number of hydrogen-bond acceptors (Lipinski definition) is 5. The van der Waals surface area contributed by atoms with Crippen molar-refractivity contribution in [3.8, 4) is 5.75 Å². The van der Waals surface area contributed by atoms with Crippen LogP contribution in [0, 0.1) is 10.1 Å². The van der Waals surface area contributed by atoms with Crippen LogP contribution < -0.4 is 9.16 Å². The molecule has 0 bridgehead atoms. The summed E-state index contributed by atoms with van der Waals surface area (Å²) in [5.41, 5.74) is 0.421. The normalized spacial score (nSPS) is 10.8. The molecule has 1 aromatic carbocycles. The second-order valence-corrected chi connectivity index (χ2v) is 4.01. The van der Waals surface area contributed by atoms with Crippen LogP contribution in [0.15, 0.2) is 18.2 Å². The van der Waals surface area contributed by atoms with E-state index in [2.05, 4.69) is 5.10 Å². The molecule has 0 spiro atoms. The fourth-order valence-corrected chi connectivity index (χ4v) is 1.72. The van der Waals surface area contributed by atoms with Crippen LogP contribution in [0.5, 0.6) is 5.75 Å². The monoisotopic (exact) mass is 265 g/mol. The van der Waals surface area contributed by atoms with Crippen LogP contribution in [0.1, 0.15) is 19.2 Å². The van der Waals surface area contributed by atoms with Gasteiger partial charge in [0, 0.05) is 23.5 Å². The van der Waals surface area contributed by atoms with Gasteiger partial charge in [0.15, 0.2) is 0 Å². The molecule has 0 amide bonds. The maximum Gasteiger partial charge on any atom is 0.367 e. The summed E-state index contributed by atoms with van der Waals surface area (Å²) in [6.07, 6.45) is 0.880. The van der Waals surface area contributed by atoms with Gasteiger partial charge in [-0.1, -0.05) is 11.8 Å². The molecule has 7 heteroatoms. The van der Waals surface area contributed by atoms with Gasteiger partial charge in [-0.2, -0.15) is 4.85 Å². The average Bonchev–Trinajstić information content (AvgIpc) is 2.43. The molecule has 102 valence electrons. The maximum atomic E-state index is 12.0. The van der Waals surface area contributed by atoms with Crippen molar-refractivity contribution in [1.82, 2.24) is 9.94 Å². The van der Waals surface area contributed by atoms with Crippen LogP contribution in [0.4, 0.5) is 0 Å². The first kappa shape index (κ1) is 13.3. The molecule has 0 fully saturated rings. The molecule has 1 heterocycles. The van der Waals surface area contributed by atoms with Crippen molar-refractivity contribution in [1.29, 1.82) is 0 Å². The van der Waals surface area contributed by atoms with Crippen molar-refractivity contribution < 1.29 is 14.3 Å². The van der Waals surface area contributed by atoms with E-state index >= 15 is 0 Å². The van der Waals surface area contributed by atoms with E-state index in [9.17, 15) is 10.1 Å². The van der Waals surface area contributed by atoms with E-state index < -0.39 is 0 Å². The van der Waals surface area contributed by atoms with Crippen molar-refractivity contribution in [3.05, 3.63) is 34.1 Å². The fraction of sp³-hybridized carbons (Fsp3) is 0.417. The van der Waals surface area contributed by atoms with Gasteiger partial charge in [-0.05, 0) is 12.1 Å². The first-order valence-corrected chi connectivity index (χ1v) is 6.07. The molecule has 0 aliphatic rings. The van der Waals surface area contributed by atoms with Crippen molar-refractivity contribution in [2.75, 3.05) is 13.2 Å². The molecular weight excluding hydrogens is 250 g/mol.